The molecule has 1 atom stereocenters. The van der Waals surface area contributed by atoms with Gasteiger partial charge in [0.2, 0.25) is 0 Å². The minimum atomic E-state index is -4.47. The van der Waals surface area contributed by atoms with E-state index < -0.39 is 11.7 Å². The maximum absolute atomic E-state index is 12.9. The Balaban J connectivity index is 1.57. The third-order valence-corrected chi connectivity index (χ3v) is 5.13. The molecule has 0 saturated carbocycles. The largest absolute Gasteiger partial charge is 0.416 e. The fraction of sp³-hybridized carbons (Fsp3) is 0.350. The first kappa shape index (κ1) is 18.5. The van der Waals surface area contributed by atoms with Crippen LogP contribution >= 0.6 is 0 Å². The Morgan fingerprint density at radius 2 is 2.07 bits per heavy atom. The van der Waals surface area contributed by atoms with Crippen molar-refractivity contribution >= 4 is 17.1 Å². The molecule has 4 rings (SSSR count). The van der Waals surface area contributed by atoms with Gasteiger partial charge in [0.05, 0.1) is 5.56 Å². The summed E-state index contributed by atoms with van der Waals surface area (Å²) in [6, 6.07) is 8.32. The molecule has 0 spiro atoms. The topological polar surface area (TPSA) is 51.0 Å². The van der Waals surface area contributed by atoms with Crippen molar-refractivity contribution in [3.63, 3.8) is 0 Å². The second-order valence-corrected chi connectivity index (χ2v) is 6.88. The van der Waals surface area contributed by atoms with E-state index in [4.69, 9.17) is 4.98 Å². The Kier molecular flexibility index (Phi) is 4.56. The number of benzene rings is 1. The molecule has 0 bridgehead atoms. The Morgan fingerprint density at radius 1 is 1.25 bits per heavy atom. The fourth-order valence-corrected chi connectivity index (χ4v) is 3.77. The molecule has 8 heteroatoms. The van der Waals surface area contributed by atoms with E-state index in [1.807, 2.05) is 23.6 Å². The molecule has 1 aromatic carbocycles. The molecule has 1 saturated heterocycles. The zero-order valence-corrected chi connectivity index (χ0v) is 15.3. The molecule has 3 heterocycles. The number of pyridine rings is 1. The van der Waals surface area contributed by atoms with E-state index in [1.54, 1.807) is 11.1 Å². The quantitative estimate of drug-likeness (QED) is 0.679. The Bertz CT molecular complexity index is 1030. The fourth-order valence-electron chi connectivity index (χ4n) is 3.77. The maximum atomic E-state index is 12.9. The number of carbonyl (C=O) groups is 1. The number of aryl methyl sites for hydroxylation is 1. The van der Waals surface area contributed by atoms with Gasteiger partial charge in [-0.1, -0.05) is 6.07 Å². The van der Waals surface area contributed by atoms with E-state index in [2.05, 4.69) is 4.98 Å². The van der Waals surface area contributed by atoms with E-state index in [-0.39, 0.29) is 17.4 Å². The predicted octanol–water partition coefficient (Wildman–Crippen LogP) is 4.10. The molecule has 0 N–H and O–H groups in total. The van der Waals surface area contributed by atoms with Crippen molar-refractivity contribution < 1.29 is 18.0 Å². The first-order valence-electron chi connectivity index (χ1n) is 9.16. The second kappa shape index (κ2) is 6.92. The number of hydrogen-bond acceptors (Lipinski definition) is 3. The summed E-state index contributed by atoms with van der Waals surface area (Å²) in [5, 5.41) is 0. The van der Waals surface area contributed by atoms with Crippen LogP contribution in [0, 0.1) is 0 Å². The van der Waals surface area contributed by atoms with Gasteiger partial charge < -0.3 is 9.47 Å². The number of rotatable bonds is 3. The molecule has 1 fully saturated rings. The van der Waals surface area contributed by atoms with Crippen molar-refractivity contribution in [3.05, 3.63) is 59.5 Å². The monoisotopic (exact) mass is 388 g/mol. The summed E-state index contributed by atoms with van der Waals surface area (Å²) in [4.78, 5) is 23.4. The van der Waals surface area contributed by atoms with Gasteiger partial charge >= 0.3 is 6.18 Å². The van der Waals surface area contributed by atoms with Gasteiger partial charge in [0.1, 0.15) is 11.3 Å². The molecule has 146 valence electrons. The zero-order chi connectivity index (χ0) is 19.9. The van der Waals surface area contributed by atoms with Crippen molar-refractivity contribution in [1.29, 1.82) is 0 Å². The van der Waals surface area contributed by atoms with Gasteiger partial charge in [-0.2, -0.15) is 13.2 Å². The Labute approximate surface area is 159 Å². The van der Waals surface area contributed by atoms with Gasteiger partial charge in [0.15, 0.2) is 5.65 Å². The van der Waals surface area contributed by atoms with E-state index in [9.17, 15) is 18.0 Å². The molecule has 1 amide bonds. The van der Waals surface area contributed by atoms with Crippen molar-refractivity contribution in [2.75, 3.05) is 13.1 Å². The number of nitrogens with zero attached hydrogens (tertiary/aromatic N) is 4. The summed E-state index contributed by atoms with van der Waals surface area (Å²) in [6.07, 6.45) is -2.03. The van der Waals surface area contributed by atoms with E-state index >= 15 is 0 Å². The number of aromatic nitrogens is 3. The van der Waals surface area contributed by atoms with Crippen LogP contribution in [0.5, 0.6) is 0 Å². The summed E-state index contributed by atoms with van der Waals surface area (Å²) in [5.41, 5.74) is 0.860. The number of likely N-dealkylation sites (tertiary alicyclic amines) is 1. The number of amides is 1. The lowest BCUT2D eigenvalue weighted by molar-refractivity contribution is -0.137. The minimum absolute atomic E-state index is 0.0314. The van der Waals surface area contributed by atoms with Gasteiger partial charge in [-0.25, -0.2) is 9.97 Å². The average molecular weight is 388 g/mol. The van der Waals surface area contributed by atoms with Crippen LogP contribution < -0.4 is 0 Å². The van der Waals surface area contributed by atoms with Gasteiger partial charge in [0.25, 0.3) is 5.91 Å². The lowest BCUT2D eigenvalue weighted by Gasteiger charge is -2.18. The smallest absolute Gasteiger partial charge is 0.338 e. The van der Waals surface area contributed by atoms with Crippen LogP contribution in [0.3, 0.4) is 0 Å². The second-order valence-electron chi connectivity index (χ2n) is 6.88. The molecular weight excluding hydrogens is 369 g/mol. The van der Waals surface area contributed by atoms with Crippen LogP contribution in [0.2, 0.25) is 0 Å². The Morgan fingerprint density at radius 3 is 2.82 bits per heavy atom. The van der Waals surface area contributed by atoms with Gasteiger partial charge in [-0.3, -0.25) is 4.79 Å². The average Bonchev–Trinajstić information content (AvgIpc) is 3.31. The zero-order valence-electron chi connectivity index (χ0n) is 15.3. The summed E-state index contributed by atoms with van der Waals surface area (Å²) in [5.74, 6) is 0.519. The molecule has 28 heavy (non-hydrogen) atoms. The normalized spacial score (nSPS) is 17.4. The van der Waals surface area contributed by atoms with Crippen LogP contribution in [-0.4, -0.2) is 38.4 Å². The van der Waals surface area contributed by atoms with Crippen molar-refractivity contribution in [1.82, 2.24) is 19.4 Å². The highest BCUT2D eigenvalue weighted by molar-refractivity contribution is 5.94. The first-order valence-corrected chi connectivity index (χ1v) is 9.16. The predicted molar refractivity (Wildman–Crippen MR) is 97.9 cm³/mol. The molecule has 0 unspecified atom stereocenters. The Hall–Kier alpha value is -2.90. The van der Waals surface area contributed by atoms with Crippen LogP contribution in [0.1, 0.15) is 41.0 Å². The number of fused-ring (bicyclic) bond motifs is 1. The number of carbonyl (C=O) groups excluding carboxylic acids is 1. The highest BCUT2D eigenvalue weighted by atomic mass is 19.4. The molecular formula is C20H19F3N4O. The summed E-state index contributed by atoms with van der Waals surface area (Å²) < 4.78 is 40.8. The maximum Gasteiger partial charge on any atom is 0.416 e. The van der Waals surface area contributed by atoms with Crippen LogP contribution in [0.15, 0.2) is 42.6 Å². The third kappa shape index (κ3) is 3.23. The van der Waals surface area contributed by atoms with E-state index in [0.717, 1.165) is 29.1 Å². The number of hydrogen-bond donors (Lipinski definition) is 0. The minimum Gasteiger partial charge on any atom is -0.338 e. The molecule has 0 aliphatic carbocycles. The molecule has 3 aromatic rings. The lowest BCUT2D eigenvalue weighted by atomic mass is 10.1. The van der Waals surface area contributed by atoms with Gasteiger partial charge in [0, 0.05) is 37.3 Å². The van der Waals surface area contributed by atoms with E-state index in [1.165, 1.54) is 12.1 Å². The molecule has 0 radical (unpaired) electrons. The summed E-state index contributed by atoms with van der Waals surface area (Å²) in [7, 11) is 0. The highest BCUT2D eigenvalue weighted by Crippen LogP contribution is 2.32. The highest BCUT2D eigenvalue weighted by Gasteiger charge is 2.34. The van der Waals surface area contributed by atoms with Crippen molar-refractivity contribution in [2.24, 2.45) is 0 Å². The van der Waals surface area contributed by atoms with Crippen LogP contribution in [0.4, 0.5) is 13.2 Å². The lowest BCUT2D eigenvalue weighted by Crippen LogP contribution is -2.29. The number of alkyl halides is 3. The van der Waals surface area contributed by atoms with E-state index in [0.29, 0.717) is 26.1 Å². The summed E-state index contributed by atoms with van der Waals surface area (Å²) >= 11 is 0. The van der Waals surface area contributed by atoms with Crippen molar-refractivity contribution in [3.8, 4) is 0 Å². The molecule has 1 aliphatic rings. The van der Waals surface area contributed by atoms with Gasteiger partial charge in [-0.05, 0) is 43.7 Å². The summed E-state index contributed by atoms with van der Waals surface area (Å²) in [6.45, 7) is 3.64. The first-order chi connectivity index (χ1) is 13.4. The molecule has 1 aliphatic heterocycles. The molecule has 5 nitrogen and oxygen atoms in total. The standard InChI is InChI=1S/C20H19F3N4O/c1-2-27-17(25-16-7-4-9-24-18(16)27)14-8-10-26(12-14)19(28)13-5-3-6-15(11-13)20(21,22)23/h3-7,9,11,14H,2,8,10,12H2,1H3/t14-/m0/s1. The molecule has 2 aromatic heterocycles. The van der Waals surface area contributed by atoms with Crippen LogP contribution in [0.25, 0.3) is 11.2 Å². The number of imidazole rings is 1. The van der Waals surface area contributed by atoms with Crippen molar-refractivity contribution in [2.45, 2.75) is 32.0 Å². The third-order valence-electron chi connectivity index (χ3n) is 5.13. The number of halogens is 3. The SMILES string of the molecule is CCn1c([C@H]2CCN(C(=O)c3cccc(C(F)(F)F)c3)C2)nc2cccnc21. The van der Waals surface area contributed by atoms with Crippen LogP contribution in [-0.2, 0) is 12.7 Å². The van der Waals surface area contributed by atoms with Gasteiger partial charge in [-0.15, -0.1) is 0 Å².